The highest BCUT2D eigenvalue weighted by Gasteiger charge is 2.31. The minimum atomic E-state index is -0.781. The summed E-state index contributed by atoms with van der Waals surface area (Å²) in [7, 11) is 0. The number of carbonyl (C=O) groups is 2. The molecule has 0 aliphatic heterocycles. The molecular weight excluding hydrogens is 468 g/mol. The highest BCUT2D eigenvalue weighted by molar-refractivity contribution is 6.30. The Balaban J connectivity index is 1.65. The van der Waals surface area contributed by atoms with Gasteiger partial charge in [0.15, 0.2) is 0 Å². The summed E-state index contributed by atoms with van der Waals surface area (Å²) in [5.74, 6) is -0.359. The van der Waals surface area contributed by atoms with Crippen molar-refractivity contribution in [1.29, 1.82) is 0 Å². The molecule has 4 aromatic carbocycles. The van der Waals surface area contributed by atoms with E-state index in [2.05, 4.69) is 5.32 Å². The molecule has 182 valence electrons. The molecule has 0 fully saturated rings. The monoisotopic (exact) mass is 496 g/mol. The van der Waals surface area contributed by atoms with Crippen molar-refractivity contribution >= 4 is 23.4 Å². The second-order valence-corrected chi connectivity index (χ2v) is 9.26. The first kappa shape index (κ1) is 25.2. The van der Waals surface area contributed by atoms with E-state index in [-0.39, 0.29) is 18.2 Å². The van der Waals surface area contributed by atoms with Gasteiger partial charge >= 0.3 is 0 Å². The summed E-state index contributed by atoms with van der Waals surface area (Å²) in [5, 5.41) is 3.67. The van der Waals surface area contributed by atoms with Crippen LogP contribution in [0.25, 0.3) is 0 Å². The quantitative estimate of drug-likeness (QED) is 0.296. The van der Waals surface area contributed by atoms with E-state index in [1.807, 2.05) is 104 Å². The largest absolute Gasteiger partial charge is 0.350 e. The first-order valence-electron chi connectivity index (χ1n) is 12.0. The Hall–Kier alpha value is -3.89. The molecule has 0 saturated heterocycles. The topological polar surface area (TPSA) is 49.4 Å². The highest BCUT2D eigenvalue weighted by atomic mass is 35.5. The lowest BCUT2D eigenvalue weighted by Gasteiger charge is -2.32. The Bertz CT molecular complexity index is 1270. The van der Waals surface area contributed by atoms with Crippen LogP contribution in [-0.2, 0) is 29.1 Å². The molecule has 0 aliphatic carbocycles. The van der Waals surface area contributed by atoms with E-state index in [0.29, 0.717) is 18.1 Å². The first-order valence-corrected chi connectivity index (χ1v) is 12.3. The van der Waals surface area contributed by atoms with E-state index in [4.69, 9.17) is 11.6 Å². The van der Waals surface area contributed by atoms with Crippen LogP contribution in [-0.4, -0.2) is 16.7 Å². The molecule has 4 rings (SSSR count). The number of carbonyl (C=O) groups excluding carboxylic acids is 2. The number of aryl methyl sites for hydroxylation is 1. The van der Waals surface area contributed by atoms with E-state index in [9.17, 15) is 9.59 Å². The van der Waals surface area contributed by atoms with Crippen molar-refractivity contribution in [1.82, 2.24) is 10.2 Å². The second-order valence-electron chi connectivity index (χ2n) is 8.83. The zero-order valence-corrected chi connectivity index (χ0v) is 21.0. The average Bonchev–Trinajstić information content (AvgIpc) is 2.90. The number of benzene rings is 4. The number of rotatable bonds is 9. The summed E-state index contributed by atoms with van der Waals surface area (Å²) in [4.78, 5) is 29.1. The maximum atomic E-state index is 13.7. The van der Waals surface area contributed by atoms with Gasteiger partial charge in [-0.1, -0.05) is 114 Å². The predicted octanol–water partition coefficient (Wildman–Crippen LogP) is 6.28. The van der Waals surface area contributed by atoms with Crippen LogP contribution in [0.2, 0.25) is 5.02 Å². The maximum Gasteiger partial charge on any atom is 0.247 e. The van der Waals surface area contributed by atoms with Gasteiger partial charge in [-0.25, -0.2) is 0 Å². The maximum absolute atomic E-state index is 13.7. The van der Waals surface area contributed by atoms with Crippen LogP contribution < -0.4 is 5.32 Å². The number of hydrogen-bond donors (Lipinski definition) is 1. The van der Waals surface area contributed by atoms with Crippen LogP contribution in [0.5, 0.6) is 0 Å². The van der Waals surface area contributed by atoms with Crippen LogP contribution in [0, 0.1) is 6.92 Å². The number of nitrogens with one attached hydrogen (secondary N) is 1. The fourth-order valence-corrected chi connectivity index (χ4v) is 4.21. The van der Waals surface area contributed by atoms with Crippen LogP contribution >= 0.6 is 11.6 Å². The van der Waals surface area contributed by atoms with Crippen LogP contribution in [0.3, 0.4) is 0 Å². The van der Waals surface area contributed by atoms with Crippen molar-refractivity contribution in [2.45, 2.75) is 32.5 Å². The van der Waals surface area contributed by atoms with Gasteiger partial charge in [0, 0.05) is 18.1 Å². The number of amides is 2. The molecule has 4 nitrogen and oxygen atoms in total. The minimum absolute atomic E-state index is 0.138. The van der Waals surface area contributed by atoms with Gasteiger partial charge in [0.1, 0.15) is 6.04 Å². The molecule has 1 N–H and O–H groups in total. The van der Waals surface area contributed by atoms with Crippen LogP contribution in [0.4, 0.5) is 0 Å². The average molecular weight is 497 g/mol. The molecular formula is C31H29ClN2O2. The Morgan fingerprint density at radius 2 is 1.33 bits per heavy atom. The molecule has 0 heterocycles. The van der Waals surface area contributed by atoms with Gasteiger partial charge in [-0.3, -0.25) is 9.59 Å². The standard InChI is InChI=1S/C31H29ClN2O2/c1-23-12-14-25(15-13-23)21-33-31(36)30(27-10-6-3-7-11-27)34(22-26-8-4-2-5-9-26)29(35)20-24-16-18-28(32)19-17-24/h2-19,30H,20-22H2,1H3,(H,33,36). The fraction of sp³-hybridized carbons (Fsp3) is 0.161. The van der Waals surface area contributed by atoms with Gasteiger partial charge < -0.3 is 10.2 Å². The van der Waals surface area contributed by atoms with Crippen molar-refractivity contribution in [2.24, 2.45) is 0 Å². The zero-order chi connectivity index (χ0) is 25.3. The Labute approximate surface area is 217 Å². The van der Waals surface area contributed by atoms with E-state index >= 15 is 0 Å². The summed E-state index contributed by atoms with van der Waals surface area (Å²) in [6.07, 6.45) is 0.165. The molecule has 4 aromatic rings. The normalized spacial score (nSPS) is 11.5. The summed E-state index contributed by atoms with van der Waals surface area (Å²) in [6, 6.07) is 33.7. The summed E-state index contributed by atoms with van der Waals surface area (Å²) in [6.45, 7) is 2.72. The number of hydrogen-bond acceptors (Lipinski definition) is 2. The molecule has 0 radical (unpaired) electrons. The lowest BCUT2D eigenvalue weighted by Crippen LogP contribution is -2.43. The van der Waals surface area contributed by atoms with E-state index in [1.54, 1.807) is 17.0 Å². The number of nitrogens with zero attached hydrogens (tertiary/aromatic N) is 1. The van der Waals surface area contributed by atoms with Crippen LogP contribution in [0.15, 0.2) is 109 Å². The van der Waals surface area contributed by atoms with Crippen molar-refractivity contribution in [3.63, 3.8) is 0 Å². The summed E-state index contributed by atoms with van der Waals surface area (Å²) in [5.41, 5.74) is 4.72. The smallest absolute Gasteiger partial charge is 0.247 e. The molecule has 2 amide bonds. The molecule has 5 heteroatoms. The molecule has 1 atom stereocenters. The minimum Gasteiger partial charge on any atom is -0.350 e. The molecule has 0 bridgehead atoms. The third kappa shape index (κ3) is 6.83. The van der Waals surface area contributed by atoms with E-state index in [1.165, 1.54) is 0 Å². The highest BCUT2D eigenvalue weighted by Crippen LogP contribution is 2.25. The molecule has 36 heavy (non-hydrogen) atoms. The molecule has 0 aromatic heterocycles. The van der Waals surface area contributed by atoms with Crippen molar-refractivity contribution in [3.8, 4) is 0 Å². The Morgan fingerprint density at radius 3 is 1.97 bits per heavy atom. The Kier molecular flexibility index (Phi) is 8.53. The summed E-state index contributed by atoms with van der Waals surface area (Å²) >= 11 is 6.04. The molecule has 0 aliphatic rings. The fourth-order valence-electron chi connectivity index (χ4n) is 4.08. The van der Waals surface area contributed by atoms with Gasteiger partial charge in [0.05, 0.1) is 6.42 Å². The second kappa shape index (κ2) is 12.2. The van der Waals surface area contributed by atoms with E-state index in [0.717, 1.165) is 27.8 Å². The van der Waals surface area contributed by atoms with Crippen molar-refractivity contribution in [2.75, 3.05) is 0 Å². The lowest BCUT2D eigenvalue weighted by molar-refractivity contribution is -0.141. The third-order valence-corrected chi connectivity index (χ3v) is 6.30. The van der Waals surface area contributed by atoms with Crippen LogP contribution in [0.1, 0.15) is 33.9 Å². The van der Waals surface area contributed by atoms with Gasteiger partial charge in [0.25, 0.3) is 0 Å². The third-order valence-electron chi connectivity index (χ3n) is 6.05. The van der Waals surface area contributed by atoms with Gasteiger partial charge in [0.2, 0.25) is 11.8 Å². The molecule has 0 saturated carbocycles. The molecule has 1 unspecified atom stereocenters. The van der Waals surface area contributed by atoms with Gasteiger partial charge in [-0.2, -0.15) is 0 Å². The zero-order valence-electron chi connectivity index (χ0n) is 20.2. The Morgan fingerprint density at radius 1 is 0.750 bits per heavy atom. The van der Waals surface area contributed by atoms with Gasteiger partial charge in [-0.15, -0.1) is 0 Å². The van der Waals surface area contributed by atoms with E-state index < -0.39 is 6.04 Å². The number of halogens is 1. The first-order chi connectivity index (χ1) is 17.5. The SMILES string of the molecule is Cc1ccc(CNC(=O)C(c2ccccc2)N(Cc2ccccc2)C(=O)Cc2ccc(Cl)cc2)cc1. The van der Waals surface area contributed by atoms with Gasteiger partial charge in [-0.05, 0) is 41.3 Å². The van der Waals surface area contributed by atoms with Crippen molar-refractivity contribution in [3.05, 3.63) is 142 Å². The molecule has 0 spiro atoms. The summed E-state index contributed by atoms with van der Waals surface area (Å²) < 4.78 is 0. The van der Waals surface area contributed by atoms with Crippen molar-refractivity contribution < 1.29 is 9.59 Å². The lowest BCUT2D eigenvalue weighted by atomic mass is 10.0. The predicted molar refractivity (Wildman–Crippen MR) is 144 cm³/mol.